The molecule has 0 aliphatic rings. The molecule has 2 aromatic carbocycles. The van der Waals surface area contributed by atoms with Gasteiger partial charge in [-0.15, -0.1) is 0 Å². The first-order valence-corrected chi connectivity index (χ1v) is 6.97. The van der Waals surface area contributed by atoms with Gasteiger partial charge >= 0.3 is 5.69 Å². The van der Waals surface area contributed by atoms with Crippen LogP contribution in [0.5, 0.6) is 11.5 Å². The van der Waals surface area contributed by atoms with E-state index in [4.69, 9.17) is 27.9 Å². The van der Waals surface area contributed by atoms with E-state index in [1.165, 1.54) is 25.5 Å². The highest BCUT2D eigenvalue weighted by Crippen LogP contribution is 2.36. The van der Waals surface area contributed by atoms with Crippen molar-refractivity contribution in [2.75, 3.05) is 12.5 Å². The first-order chi connectivity index (χ1) is 10.9. The Labute approximate surface area is 141 Å². The van der Waals surface area contributed by atoms with E-state index in [1.54, 1.807) is 18.2 Å². The third-order valence-electron chi connectivity index (χ3n) is 2.82. The molecule has 0 heterocycles. The normalized spacial score (nSPS) is 10.7. The van der Waals surface area contributed by atoms with E-state index in [0.717, 1.165) is 0 Å². The first-order valence-electron chi connectivity index (χ1n) is 6.22. The molecule has 2 aromatic rings. The SMILES string of the molecule is COc1cc(/C=N/Nc2ccc(Cl)cc2Cl)cc([N+](=O)[O-])c1O. The highest BCUT2D eigenvalue weighted by Gasteiger charge is 2.19. The molecule has 23 heavy (non-hydrogen) atoms. The van der Waals surface area contributed by atoms with Crippen molar-refractivity contribution in [1.29, 1.82) is 0 Å². The number of halogens is 2. The van der Waals surface area contributed by atoms with Crippen LogP contribution in [0, 0.1) is 10.1 Å². The van der Waals surface area contributed by atoms with Crippen molar-refractivity contribution < 1.29 is 14.8 Å². The Morgan fingerprint density at radius 3 is 2.70 bits per heavy atom. The van der Waals surface area contributed by atoms with Crippen LogP contribution in [0.25, 0.3) is 0 Å². The van der Waals surface area contributed by atoms with Gasteiger partial charge in [0, 0.05) is 16.7 Å². The lowest BCUT2D eigenvalue weighted by Crippen LogP contribution is -1.96. The largest absolute Gasteiger partial charge is 0.500 e. The second-order valence-corrected chi connectivity index (χ2v) is 5.19. The smallest absolute Gasteiger partial charge is 0.315 e. The van der Waals surface area contributed by atoms with Crippen molar-refractivity contribution in [3.8, 4) is 11.5 Å². The van der Waals surface area contributed by atoms with Crippen LogP contribution >= 0.6 is 23.2 Å². The van der Waals surface area contributed by atoms with Gasteiger partial charge in [-0.3, -0.25) is 15.5 Å². The highest BCUT2D eigenvalue weighted by molar-refractivity contribution is 6.36. The lowest BCUT2D eigenvalue weighted by Gasteiger charge is -2.06. The number of hydrazone groups is 1. The Balaban J connectivity index is 2.25. The minimum atomic E-state index is -0.710. The molecule has 0 atom stereocenters. The number of hydrogen-bond donors (Lipinski definition) is 2. The maximum atomic E-state index is 10.9. The number of nitrogens with zero attached hydrogens (tertiary/aromatic N) is 2. The van der Waals surface area contributed by atoms with Crippen LogP contribution in [0.1, 0.15) is 5.56 Å². The van der Waals surface area contributed by atoms with Crippen molar-refractivity contribution in [2.24, 2.45) is 5.10 Å². The van der Waals surface area contributed by atoms with Crippen molar-refractivity contribution in [1.82, 2.24) is 0 Å². The van der Waals surface area contributed by atoms with Crippen LogP contribution < -0.4 is 10.2 Å². The first kappa shape index (κ1) is 16.9. The van der Waals surface area contributed by atoms with Crippen LogP contribution in [0.15, 0.2) is 35.4 Å². The molecule has 0 saturated carbocycles. The number of hydrogen-bond acceptors (Lipinski definition) is 6. The molecule has 7 nitrogen and oxygen atoms in total. The summed E-state index contributed by atoms with van der Waals surface area (Å²) in [6.45, 7) is 0. The van der Waals surface area contributed by atoms with E-state index in [-0.39, 0.29) is 5.75 Å². The van der Waals surface area contributed by atoms with E-state index in [9.17, 15) is 15.2 Å². The Bertz CT molecular complexity index is 781. The van der Waals surface area contributed by atoms with E-state index >= 15 is 0 Å². The zero-order valence-electron chi connectivity index (χ0n) is 11.8. The molecule has 0 unspecified atom stereocenters. The fourth-order valence-electron chi connectivity index (χ4n) is 1.74. The molecule has 0 bridgehead atoms. The van der Waals surface area contributed by atoms with Gasteiger partial charge in [-0.2, -0.15) is 5.10 Å². The maximum Gasteiger partial charge on any atom is 0.315 e. The van der Waals surface area contributed by atoms with Gasteiger partial charge in [0.2, 0.25) is 5.75 Å². The summed E-state index contributed by atoms with van der Waals surface area (Å²) in [5, 5.41) is 25.4. The molecule has 0 spiro atoms. The summed E-state index contributed by atoms with van der Waals surface area (Å²) in [7, 11) is 1.30. The summed E-state index contributed by atoms with van der Waals surface area (Å²) in [6, 6.07) is 7.42. The molecule has 9 heteroatoms. The van der Waals surface area contributed by atoms with Crippen LogP contribution in [0.3, 0.4) is 0 Å². The molecule has 2 N–H and O–H groups in total. The molecule has 0 amide bonds. The summed E-state index contributed by atoms with van der Waals surface area (Å²) >= 11 is 11.8. The van der Waals surface area contributed by atoms with E-state index < -0.39 is 16.4 Å². The summed E-state index contributed by atoms with van der Waals surface area (Å²) in [5.41, 5.74) is 3.10. The summed E-state index contributed by atoms with van der Waals surface area (Å²) in [5.74, 6) is -0.562. The van der Waals surface area contributed by atoms with Crippen molar-refractivity contribution in [3.63, 3.8) is 0 Å². The summed E-state index contributed by atoms with van der Waals surface area (Å²) in [4.78, 5) is 10.2. The zero-order chi connectivity index (χ0) is 17.0. The van der Waals surface area contributed by atoms with Gasteiger partial charge in [-0.25, -0.2) is 0 Å². The fourth-order valence-corrected chi connectivity index (χ4v) is 2.19. The molecule has 0 aliphatic carbocycles. The molecule has 2 rings (SSSR count). The Morgan fingerprint density at radius 1 is 1.35 bits per heavy atom. The van der Waals surface area contributed by atoms with Crippen molar-refractivity contribution >= 4 is 40.8 Å². The average Bonchev–Trinajstić information content (AvgIpc) is 2.50. The molecule has 0 radical (unpaired) electrons. The van der Waals surface area contributed by atoms with Gasteiger partial charge in [-0.1, -0.05) is 23.2 Å². The third kappa shape index (κ3) is 4.02. The number of aromatic hydroxyl groups is 1. The van der Waals surface area contributed by atoms with Crippen LogP contribution in [-0.4, -0.2) is 23.4 Å². The molecule has 0 saturated heterocycles. The number of phenols is 1. The average molecular weight is 356 g/mol. The zero-order valence-corrected chi connectivity index (χ0v) is 13.3. The molecule has 0 fully saturated rings. The molecule has 0 aliphatic heterocycles. The van der Waals surface area contributed by atoms with Crippen LogP contribution in [0.4, 0.5) is 11.4 Å². The van der Waals surface area contributed by atoms with Gasteiger partial charge in [0.15, 0.2) is 5.75 Å². The Hall–Kier alpha value is -2.51. The van der Waals surface area contributed by atoms with E-state index in [0.29, 0.717) is 21.3 Å². The fraction of sp³-hybridized carbons (Fsp3) is 0.0714. The van der Waals surface area contributed by atoms with E-state index in [1.807, 2.05) is 0 Å². The summed E-state index contributed by atoms with van der Waals surface area (Å²) in [6.07, 6.45) is 1.33. The van der Waals surface area contributed by atoms with Crippen molar-refractivity contribution in [3.05, 3.63) is 56.1 Å². The topological polar surface area (TPSA) is 97.0 Å². The Kier molecular flexibility index (Phi) is 5.25. The standard InChI is InChI=1S/C14H11Cl2N3O4/c1-23-13-5-8(4-12(14(13)20)19(21)22)7-17-18-11-3-2-9(15)6-10(11)16/h2-7,18,20H,1H3/b17-7+. The number of benzene rings is 2. The highest BCUT2D eigenvalue weighted by atomic mass is 35.5. The Morgan fingerprint density at radius 2 is 2.09 bits per heavy atom. The lowest BCUT2D eigenvalue weighted by molar-refractivity contribution is -0.386. The van der Waals surface area contributed by atoms with Gasteiger partial charge in [0.25, 0.3) is 0 Å². The number of methoxy groups -OCH3 is 1. The van der Waals surface area contributed by atoms with Crippen LogP contribution in [0.2, 0.25) is 10.0 Å². The van der Waals surface area contributed by atoms with Gasteiger partial charge in [0.05, 0.1) is 29.0 Å². The quantitative estimate of drug-likeness (QED) is 0.478. The lowest BCUT2D eigenvalue weighted by atomic mass is 10.2. The van der Waals surface area contributed by atoms with Crippen molar-refractivity contribution in [2.45, 2.75) is 0 Å². The van der Waals surface area contributed by atoms with Gasteiger partial charge in [-0.05, 0) is 24.3 Å². The number of nitro benzene ring substituents is 1. The molecular formula is C14H11Cl2N3O4. The van der Waals surface area contributed by atoms with Gasteiger partial charge < -0.3 is 9.84 Å². The monoisotopic (exact) mass is 355 g/mol. The van der Waals surface area contributed by atoms with E-state index in [2.05, 4.69) is 10.5 Å². The number of nitrogens with one attached hydrogen (secondary N) is 1. The minimum Gasteiger partial charge on any atom is -0.500 e. The molecular weight excluding hydrogens is 345 g/mol. The maximum absolute atomic E-state index is 10.9. The van der Waals surface area contributed by atoms with Gasteiger partial charge in [0.1, 0.15) is 0 Å². The molecule has 0 aromatic heterocycles. The summed E-state index contributed by atoms with van der Waals surface area (Å²) < 4.78 is 4.90. The number of rotatable bonds is 5. The third-order valence-corrected chi connectivity index (χ3v) is 3.37. The number of ether oxygens (including phenoxy) is 1. The number of anilines is 1. The number of nitro groups is 1. The predicted octanol–water partition coefficient (Wildman–Crippen LogP) is 4.06. The second kappa shape index (κ2) is 7.17. The number of phenolic OH excluding ortho intramolecular Hbond substituents is 1. The van der Waals surface area contributed by atoms with Crippen LogP contribution in [-0.2, 0) is 0 Å². The molecule has 120 valence electrons. The second-order valence-electron chi connectivity index (χ2n) is 4.34. The minimum absolute atomic E-state index is 0.0230. The predicted molar refractivity (Wildman–Crippen MR) is 89.0 cm³/mol.